The molecule has 25 heavy (non-hydrogen) atoms. The second-order valence-corrected chi connectivity index (χ2v) is 6.64. The Kier molecular flexibility index (Phi) is 3.87. The maximum Gasteiger partial charge on any atom is 0.261 e. The van der Waals surface area contributed by atoms with Gasteiger partial charge < -0.3 is 9.88 Å². The van der Waals surface area contributed by atoms with Crippen LogP contribution >= 0.6 is 0 Å². The van der Waals surface area contributed by atoms with Crippen LogP contribution in [0.5, 0.6) is 0 Å². The van der Waals surface area contributed by atoms with Gasteiger partial charge in [-0.3, -0.25) is 14.3 Å². The maximum absolute atomic E-state index is 12.9. The van der Waals surface area contributed by atoms with Crippen LogP contribution in [0.25, 0.3) is 10.9 Å². The molecule has 0 spiro atoms. The minimum Gasteiger partial charge on any atom is -0.336 e. The summed E-state index contributed by atoms with van der Waals surface area (Å²) in [7, 11) is 0. The Bertz CT molecular complexity index is 988. The minimum atomic E-state index is -0.333. The second-order valence-electron chi connectivity index (χ2n) is 6.64. The number of para-hydroxylation sites is 1. The van der Waals surface area contributed by atoms with Crippen molar-refractivity contribution in [1.29, 1.82) is 0 Å². The number of rotatable bonds is 2. The number of aryl methyl sites for hydroxylation is 1. The van der Waals surface area contributed by atoms with Crippen LogP contribution in [0.15, 0.2) is 47.5 Å². The number of nitrogens with zero attached hydrogens (tertiary/aromatic N) is 3. The zero-order chi connectivity index (χ0) is 17.4. The third-order valence-corrected chi connectivity index (χ3v) is 4.77. The monoisotopic (exact) mass is 336 g/mol. The molecule has 1 N–H and O–H groups in total. The molecule has 3 heterocycles. The van der Waals surface area contributed by atoms with Gasteiger partial charge in [-0.1, -0.05) is 18.2 Å². The van der Waals surface area contributed by atoms with E-state index in [9.17, 15) is 9.59 Å². The summed E-state index contributed by atoms with van der Waals surface area (Å²) < 4.78 is 1.93. The van der Waals surface area contributed by atoms with Crippen molar-refractivity contribution >= 4 is 16.8 Å². The molecule has 0 unspecified atom stereocenters. The summed E-state index contributed by atoms with van der Waals surface area (Å²) in [6, 6.07) is 9.34. The van der Waals surface area contributed by atoms with E-state index in [1.54, 1.807) is 11.0 Å². The van der Waals surface area contributed by atoms with Crippen molar-refractivity contribution in [3.05, 3.63) is 64.2 Å². The van der Waals surface area contributed by atoms with Crippen LogP contribution < -0.4 is 5.56 Å². The Balaban J connectivity index is 1.62. The minimum absolute atomic E-state index is 0.158. The average Bonchev–Trinajstić information content (AvgIpc) is 3.07. The quantitative estimate of drug-likeness (QED) is 0.782. The molecule has 128 valence electrons. The molecule has 4 rings (SSSR count). The SMILES string of the molecule is Cc1cnn([C@@H]2CCCN(C(=O)c3cc4ccccc4[nH]c3=O)C2)c1. The van der Waals surface area contributed by atoms with Crippen molar-refractivity contribution in [1.82, 2.24) is 19.7 Å². The fourth-order valence-electron chi connectivity index (χ4n) is 3.46. The zero-order valence-corrected chi connectivity index (χ0v) is 14.1. The van der Waals surface area contributed by atoms with Crippen molar-refractivity contribution < 1.29 is 4.79 Å². The van der Waals surface area contributed by atoms with E-state index in [0.29, 0.717) is 13.1 Å². The molecule has 0 aliphatic carbocycles. The van der Waals surface area contributed by atoms with Gasteiger partial charge in [0.1, 0.15) is 5.56 Å². The standard InChI is InChI=1S/C19H20N4O2/c1-13-10-20-23(11-13)15-6-4-8-22(12-15)19(25)16-9-14-5-2-3-7-17(14)21-18(16)24/h2-3,5,7,9-11,15H,4,6,8,12H2,1H3,(H,21,24)/t15-/m1/s1. The molecule has 1 aliphatic heterocycles. The van der Waals surface area contributed by atoms with Crippen LogP contribution in [-0.2, 0) is 0 Å². The predicted octanol–water partition coefficient (Wildman–Crippen LogP) is 2.51. The zero-order valence-electron chi connectivity index (χ0n) is 14.1. The fourth-order valence-corrected chi connectivity index (χ4v) is 3.46. The number of hydrogen-bond donors (Lipinski definition) is 1. The van der Waals surface area contributed by atoms with Gasteiger partial charge in [0.15, 0.2) is 0 Å². The Morgan fingerprint density at radius 3 is 2.96 bits per heavy atom. The van der Waals surface area contributed by atoms with Crippen molar-refractivity contribution in [2.75, 3.05) is 13.1 Å². The summed E-state index contributed by atoms with van der Waals surface area (Å²) in [6.07, 6.45) is 5.72. The molecule has 1 atom stereocenters. The summed E-state index contributed by atoms with van der Waals surface area (Å²) in [5.74, 6) is -0.208. The third kappa shape index (κ3) is 2.95. The maximum atomic E-state index is 12.9. The molecule has 2 aromatic heterocycles. The van der Waals surface area contributed by atoms with Crippen LogP contribution in [-0.4, -0.2) is 38.7 Å². The lowest BCUT2D eigenvalue weighted by Gasteiger charge is -2.32. The van der Waals surface area contributed by atoms with Gasteiger partial charge >= 0.3 is 0 Å². The van der Waals surface area contributed by atoms with Crippen LogP contribution in [0.4, 0.5) is 0 Å². The number of aromatic amines is 1. The summed E-state index contributed by atoms with van der Waals surface area (Å²) in [4.78, 5) is 29.8. The number of pyridine rings is 1. The van der Waals surface area contributed by atoms with Gasteiger partial charge in [-0.15, -0.1) is 0 Å². The first-order valence-corrected chi connectivity index (χ1v) is 8.54. The molecule has 3 aromatic rings. The molecule has 1 aliphatic rings. The smallest absolute Gasteiger partial charge is 0.261 e. The van der Waals surface area contributed by atoms with E-state index in [4.69, 9.17) is 0 Å². The number of hydrogen-bond acceptors (Lipinski definition) is 3. The van der Waals surface area contributed by atoms with Gasteiger partial charge in [-0.2, -0.15) is 5.10 Å². The van der Waals surface area contributed by atoms with Gasteiger partial charge in [-0.25, -0.2) is 0 Å². The van der Waals surface area contributed by atoms with E-state index >= 15 is 0 Å². The molecule has 6 nitrogen and oxygen atoms in total. The van der Waals surface area contributed by atoms with Gasteiger partial charge in [0.2, 0.25) is 0 Å². The number of benzene rings is 1. The van der Waals surface area contributed by atoms with Crippen molar-refractivity contribution in [3.63, 3.8) is 0 Å². The first kappa shape index (κ1) is 15.6. The van der Waals surface area contributed by atoms with E-state index in [-0.39, 0.29) is 23.1 Å². The number of carbonyl (C=O) groups is 1. The first-order valence-electron chi connectivity index (χ1n) is 8.54. The number of carbonyl (C=O) groups excluding carboxylic acids is 1. The summed E-state index contributed by atoms with van der Waals surface area (Å²) in [6.45, 7) is 3.25. The van der Waals surface area contributed by atoms with Crippen molar-refractivity contribution in [2.45, 2.75) is 25.8 Å². The molecule has 0 radical (unpaired) electrons. The molecular formula is C19H20N4O2. The number of piperidine rings is 1. The van der Waals surface area contributed by atoms with Gasteiger partial charge in [0.05, 0.1) is 12.2 Å². The molecule has 1 aromatic carbocycles. The first-order chi connectivity index (χ1) is 12.1. The van der Waals surface area contributed by atoms with Crippen LogP contribution in [0.2, 0.25) is 0 Å². The lowest BCUT2D eigenvalue weighted by Crippen LogP contribution is -2.42. The van der Waals surface area contributed by atoms with Gasteiger partial charge in [0, 0.05) is 24.8 Å². The van der Waals surface area contributed by atoms with E-state index < -0.39 is 0 Å². The predicted molar refractivity (Wildman–Crippen MR) is 95.7 cm³/mol. The van der Waals surface area contributed by atoms with Gasteiger partial charge in [0.25, 0.3) is 11.5 Å². The summed E-state index contributed by atoms with van der Waals surface area (Å²) in [5, 5.41) is 5.24. The largest absolute Gasteiger partial charge is 0.336 e. The lowest BCUT2D eigenvalue weighted by molar-refractivity contribution is 0.0671. The Labute approximate surface area is 145 Å². The molecule has 0 bridgehead atoms. The Morgan fingerprint density at radius 2 is 2.16 bits per heavy atom. The number of fused-ring (bicyclic) bond motifs is 1. The highest BCUT2D eigenvalue weighted by Crippen LogP contribution is 2.22. The molecular weight excluding hydrogens is 316 g/mol. The van der Waals surface area contributed by atoms with Crippen molar-refractivity contribution in [2.24, 2.45) is 0 Å². The van der Waals surface area contributed by atoms with E-state index in [2.05, 4.69) is 10.1 Å². The van der Waals surface area contributed by atoms with Crippen LogP contribution in [0, 0.1) is 6.92 Å². The number of H-pyrrole nitrogens is 1. The third-order valence-electron chi connectivity index (χ3n) is 4.77. The van der Waals surface area contributed by atoms with E-state index in [0.717, 1.165) is 29.3 Å². The number of nitrogens with one attached hydrogen (secondary N) is 1. The molecule has 0 saturated carbocycles. The summed E-state index contributed by atoms with van der Waals surface area (Å²) in [5.41, 5.74) is 1.72. The normalized spacial score (nSPS) is 17.8. The highest BCUT2D eigenvalue weighted by atomic mass is 16.2. The van der Waals surface area contributed by atoms with E-state index in [1.165, 1.54) is 0 Å². The Hall–Kier alpha value is -2.89. The molecule has 1 fully saturated rings. The highest BCUT2D eigenvalue weighted by molar-refractivity contribution is 5.97. The second kappa shape index (κ2) is 6.20. The van der Waals surface area contributed by atoms with Crippen LogP contribution in [0.3, 0.4) is 0 Å². The number of amides is 1. The number of aromatic nitrogens is 3. The summed E-state index contributed by atoms with van der Waals surface area (Å²) >= 11 is 0. The topological polar surface area (TPSA) is 71.0 Å². The molecule has 1 saturated heterocycles. The fraction of sp³-hybridized carbons (Fsp3) is 0.316. The molecule has 6 heteroatoms. The molecule has 1 amide bonds. The van der Waals surface area contributed by atoms with Crippen LogP contribution in [0.1, 0.15) is 34.8 Å². The number of likely N-dealkylation sites (tertiary alicyclic amines) is 1. The van der Waals surface area contributed by atoms with E-state index in [1.807, 2.05) is 48.3 Å². The Morgan fingerprint density at radius 1 is 1.32 bits per heavy atom. The average molecular weight is 336 g/mol. The van der Waals surface area contributed by atoms with Gasteiger partial charge in [-0.05, 0) is 42.8 Å². The van der Waals surface area contributed by atoms with Crippen molar-refractivity contribution in [3.8, 4) is 0 Å². The highest BCUT2D eigenvalue weighted by Gasteiger charge is 2.27. The lowest BCUT2D eigenvalue weighted by atomic mass is 10.0.